The maximum Gasteiger partial charge on any atom is 0.260 e. The number of nitrogens with zero attached hydrogens (tertiary/aromatic N) is 5. The number of hydrogen-bond donors (Lipinski definition) is 0. The van der Waals surface area contributed by atoms with Gasteiger partial charge >= 0.3 is 0 Å². The third-order valence-electron chi connectivity index (χ3n) is 5.72. The van der Waals surface area contributed by atoms with Crippen LogP contribution < -0.4 is 4.90 Å². The Balaban J connectivity index is 1.23. The molecule has 0 N–H and O–H groups in total. The first kappa shape index (κ1) is 19.5. The van der Waals surface area contributed by atoms with Crippen LogP contribution in [0, 0.1) is 0 Å². The van der Waals surface area contributed by atoms with Crippen LogP contribution in [0.25, 0.3) is 0 Å². The number of benzene rings is 1. The third kappa shape index (κ3) is 4.62. The third-order valence-corrected chi connectivity index (χ3v) is 5.72. The van der Waals surface area contributed by atoms with Gasteiger partial charge in [-0.1, -0.05) is 18.2 Å². The maximum absolute atomic E-state index is 12.8. The molecule has 7 heteroatoms. The number of amides is 2. The van der Waals surface area contributed by atoms with Crippen molar-refractivity contribution in [3.05, 3.63) is 53.9 Å². The topological polar surface area (TPSA) is 69.6 Å². The van der Waals surface area contributed by atoms with Gasteiger partial charge in [-0.2, -0.15) is 0 Å². The predicted octanol–water partition coefficient (Wildman–Crippen LogP) is 1.99. The first-order valence-corrected chi connectivity index (χ1v) is 10.4. The van der Waals surface area contributed by atoms with Gasteiger partial charge < -0.3 is 4.90 Å². The molecular formula is C22H27N5O2. The number of hydrogen-bond acceptors (Lipinski definition) is 6. The molecule has 0 radical (unpaired) electrons. The standard InChI is InChI=1S/C22H27N5O2/c28-20-9-8-18-6-1-2-7-19(18)21(29)27(20)13-4-3-12-25-14-16-26(17-15-25)22-23-10-5-11-24-22/h1-2,5-7,10-11H,3-4,8-9,12-17H2. The van der Waals surface area contributed by atoms with Crippen LogP contribution in [0.5, 0.6) is 0 Å². The number of aryl methyl sites for hydroxylation is 1. The summed E-state index contributed by atoms with van der Waals surface area (Å²) in [5.41, 5.74) is 1.66. The number of aromatic nitrogens is 2. The first-order chi connectivity index (χ1) is 14.2. The first-order valence-electron chi connectivity index (χ1n) is 10.4. The second-order valence-electron chi connectivity index (χ2n) is 7.59. The second-order valence-corrected chi connectivity index (χ2v) is 7.59. The van der Waals surface area contributed by atoms with Crippen molar-refractivity contribution < 1.29 is 9.59 Å². The highest BCUT2D eigenvalue weighted by atomic mass is 16.2. The number of carbonyl (C=O) groups is 2. The van der Waals surface area contributed by atoms with Crippen molar-refractivity contribution in [2.24, 2.45) is 0 Å². The molecule has 1 aromatic carbocycles. The lowest BCUT2D eigenvalue weighted by Gasteiger charge is -2.34. The minimum absolute atomic E-state index is 0.0531. The molecule has 0 saturated carbocycles. The Kier molecular flexibility index (Phi) is 6.14. The van der Waals surface area contributed by atoms with E-state index in [4.69, 9.17) is 0 Å². The fourth-order valence-electron chi connectivity index (χ4n) is 4.04. The van der Waals surface area contributed by atoms with Crippen molar-refractivity contribution in [2.75, 3.05) is 44.2 Å². The molecule has 152 valence electrons. The highest BCUT2D eigenvalue weighted by Gasteiger charge is 2.27. The molecule has 0 bridgehead atoms. The molecule has 0 aliphatic carbocycles. The van der Waals surface area contributed by atoms with E-state index in [1.54, 1.807) is 12.4 Å². The van der Waals surface area contributed by atoms with E-state index in [0.717, 1.165) is 57.1 Å². The Labute approximate surface area is 171 Å². The van der Waals surface area contributed by atoms with Gasteiger partial charge in [0.25, 0.3) is 5.91 Å². The quantitative estimate of drug-likeness (QED) is 0.552. The molecule has 2 amide bonds. The Morgan fingerprint density at radius 1 is 0.828 bits per heavy atom. The van der Waals surface area contributed by atoms with Crippen molar-refractivity contribution in [1.82, 2.24) is 19.8 Å². The van der Waals surface area contributed by atoms with E-state index in [9.17, 15) is 9.59 Å². The summed E-state index contributed by atoms with van der Waals surface area (Å²) in [6, 6.07) is 9.40. The Hall–Kier alpha value is -2.80. The summed E-state index contributed by atoms with van der Waals surface area (Å²) in [4.78, 5) is 40.0. The van der Waals surface area contributed by atoms with E-state index < -0.39 is 0 Å². The van der Waals surface area contributed by atoms with Gasteiger partial charge in [0, 0.05) is 57.1 Å². The van der Waals surface area contributed by atoms with E-state index >= 15 is 0 Å². The summed E-state index contributed by atoms with van der Waals surface area (Å²) in [5, 5.41) is 0. The Morgan fingerprint density at radius 3 is 2.34 bits per heavy atom. The largest absolute Gasteiger partial charge is 0.338 e. The highest BCUT2D eigenvalue weighted by molar-refractivity contribution is 6.06. The fraction of sp³-hybridized carbons (Fsp3) is 0.455. The zero-order valence-electron chi connectivity index (χ0n) is 16.7. The highest BCUT2D eigenvalue weighted by Crippen LogP contribution is 2.20. The average Bonchev–Trinajstić information content (AvgIpc) is 2.89. The van der Waals surface area contributed by atoms with Crippen molar-refractivity contribution in [3.8, 4) is 0 Å². The molecule has 2 aliphatic heterocycles. The van der Waals surface area contributed by atoms with Gasteiger partial charge in [-0.15, -0.1) is 0 Å². The zero-order valence-corrected chi connectivity index (χ0v) is 16.7. The summed E-state index contributed by atoms with van der Waals surface area (Å²) < 4.78 is 0. The lowest BCUT2D eigenvalue weighted by atomic mass is 10.0. The van der Waals surface area contributed by atoms with Crippen molar-refractivity contribution in [1.29, 1.82) is 0 Å². The summed E-state index contributed by atoms with van der Waals surface area (Å²) in [5.74, 6) is 0.605. The molecule has 1 aromatic heterocycles. The van der Waals surface area contributed by atoms with Crippen molar-refractivity contribution >= 4 is 17.8 Å². The summed E-state index contributed by atoms with van der Waals surface area (Å²) >= 11 is 0. The number of unbranched alkanes of at least 4 members (excludes halogenated alkanes) is 1. The van der Waals surface area contributed by atoms with E-state index in [2.05, 4.69) is 19.8 Å². The Bertz CT molecular complexity index is 849. The molecule has 4 rings (SSSR count). The lowest BCUT2D eigenvalue weighted by Crippen LogP contribution is -2.47. The molecule has 0 atom stereocenters. The number of rotatable bonds is 6. The summed E-state index contributed by atoms with van der Waals surface area (Å²) in [7, 11) is 0. The van der Waals surface area contributed by atoms with Crippen LogP contribution in [0.15, 0.2) is 42.7 Å². The molecule has 29 heavy (non-hydrogen) atoms. The number of imide groups is 1. The van der Waals surface area contributed by atoms with Crippen LogP contribution in [-0.2, 0) is 11.2 Å². The lowest BCUT2D eigenvalue weighted by molar-refractivity contribution is -0.128. The smallest absolute Gasteiger partial charge is 0.260 e. The number of fused-ring (bicyclic) bond motifs is 1. The van der Waals surface area contributed by atoms with Crippen LogP contribution in [-0.4, -0.2) is 70.9 Å². The monoisotopic (exact) mass is 393 g/mol. The molecule has 0 unspecified atom stereocenters. The minimum atomic E-state index is -0.139. The maximum atomic E-state index is 12.8. The predicted molar refractivity (Wildman–Crippen MR) is 111 cm³/mol. The molecule has 0 spiro atoms. The van der Waals surface area contributed by atoms with E-state index in [1.807, 2.05) is 30.3 Å². The van der Waals surface area contributed by atoms with Crippen molar-refractivity contribution in [3.63, 3.8) is 0 Å². The van der Waals surface area contributed by atoms with Gasteiger partial charge in [0.15, 0.2) is 0 Å². The van der Waals surface area contributed by atoms with Crippen LogP contribution in [0.2, 0.25) is 0 Å². The van der Waals surface area contributed by atoms with E-state index in [0.29, 0.717) is 24.9 Å². The van der Waals surface area contributed by atoms with E-state index in [1.165, 1.54) is 4.90 Å². The van der Waals surface area contributed by atoms with Crippen LogP contribution in [0.1, 0.15) is 35.2 Å². The van der Waals surface area contributed by atoms with Gasteiger partial charge in [-0.25, -0.2) is 9.97 Å². The van der Waals surface area contributed by atoms with E-state index in [-0.39, 0.29) is 11.8 Å². The molecule has 7 nitrogen and oxygen atoms in total. The molecule has 3 heterocycles. The zero-order chi connectivity index (χ0) is 20.1. The Morgan fingerprint density at radius 2 is 1.55 bits per heavy atom. The van der Waals surface area contributed by atoms with Gasteiger partial charge in [0.05, 0.1) is 0 Å². The minimum Gasteiger partial charge on any atom is -0.338 e. The molecular weight excluding hydrogens is 366 g/mol. The SMILES string of the molecule is O=C1CCc2ccccc2C(=O)N1CCCCN1CCN(c2ncccn2)CC1. The van der Waals surface area contributed by atoms with Crippen molar-refractivity contribution in [2.45, 2.75) is 25.7 Å². The average molecular weight is 393 g/mol. The van der Waals surface area contributed by atoms with Crippen LogP contribution in [0.3, 0.4) is 0 Å². The van der Waals surface area contributed by atoms with Gasteiger partial charge in [0.1, 0.15) is 0 Å². The van der Waals surface area contributed by atoms with Gasteiger partial charge in [-0.05, 0) is 43.5 Å². The molecule has 1 saturated heterocycles. The molecule has 2 aromatic rings. The normalized spacial score (nSPS) is 17.9. The van der Waals surface area contributed by atoms with Gasteiger partial charge in [-0.3, -0.25) is 19.4 Å². The summed E-state index contributed by atoms with van der Waals surface area (Å²) in [6.07, 6.45) is 6.41. The van der Waals surface area contributed by atoms with Crippen LogP contribution >= 0.6 is 0 Å². The van der Waals surface area contributed by atoms with Gasteiger partial charge in [0.2, 0.25) is 11.9 Å². The molecule has 2 aliphatic rings. The molecule has 1 fully saturated rings. The number of carbonyl (C=O) groups excluding carboxylic acids is 2. The summed E-state index contributed by atoms with van der Waals surface area (Å²) in [6.45, 7) is 5.29. The fourth-order valence-corrected chi connectivity index (χ4v) is 4.04. The van der Waals surface area contributed by atoms with Crippen LogP contribution in [0.4, 0.5) is 5.95 Å². The number of anilines is 1. The second kappa shape index (κ2) is 9.13. The number of piperazine rings is 1.